The molecule has 0 aliphatic carbocycles. The number of aryl methyl sites for hydroxylation is 1. The fraction of sp³-hybridized carbons (Fsp3) is 0.407. The molecule has 1 aromatic heterocycles. The zero-order valence-electron chi connectivity index (χ0n) is 20.1. The molecule has 1 N–H and O–H groups in total. The molecule has 35 heavy (non-hydrogen) atoms. The lowest BCUT2D eigenvalue weighted by Crippen LogP contribution is -2.41. The maximum atomic E-state index is 13.1. The number of aromatic nitrogens is 1. The summed E-state index contributed by atoms with van der Waals surface area (Å²) in [6.45, 7) is 4.65. The van der Waals surface area contributed by atoms with Crippen LogP contribution in [0.4, 0.5) is 11.5 Å². The average Bonchev–Trinajstić information content (AvgIpc) is 2.90. The summed E-state index contributed by atoms with van der Waals surface area (Å²) in [4.78, 5) is 20.2. The van der Waals surface area contributed by atoms with E-state index in [4.69, 9.17) is 4.98 Å². The van der Waals surface area contributed by atoms with Crippen LogP contribution in [0.1, 0.15) is 37.7 Å². The number of piperidine rings is 2. The fourth-order valence-electron chi connectivity index (χ4n) is 4.96. The van der Waals surface area contributed by atoms with Crippen molar-refractivity contribution in [3.05, 3.63) is 60.2 Å². The Kier molecular flexibility index (Phi) is 6.75. The van der Waals surface area contributed by atoms with Crippen molar-refractivity contribution in [3.8, 4) is 0 Å². The van der Waals surface area contributed by atoms with Crippen molar-refractivity contribution >= 4 is 38.3 Å². The van der Waals surface area contributed by atoms with Gasteiger partial charge in [0.2, 0.25) is 15.9 Å². The van der Waals surface area contributed by atoms with Gasteiger partial charge >= 0.3 is 0 Å². The molecule has 3 heterocycles. The summed E-state index contributed by atoms with van der Waals surface area (Å²) in [7, 11) is -3.48. The Hall–Kier alpha value is -2.97. The Morgan fingerprint density at radius 1 is 0.943 bits per heavy atom. The molecule has 2 saturated heterocycles. The summed E-state index contributed by atoms with van der Waals surface area (Å²) in [6, 6.07) is 16.9. The van der Waals surface area contributed by atoms with Crippen LogP contribution in [0.25, 0.3) is 10.9 Å². The molecule has 1 unspecified atom stereocenters. The van der Waals surface area contributed by atoms with Crippen molar-refractivity contribution in [1.29, 1.82) is 0 Å². The van der Waals surface area contributed by atoms with E-state index in [1.54, 1.807) is 22.5 Å². The highest BCUT2D eigenvalue weighted by Gasteiger charge is 2.28. The molecule has 0 bridgehead atoms. The van der Waals surface area contributed by atoms with E-state index in [0.29, 0.717) is 24.5 Å². The van der Waals surface area contributed by atoms with E-state index in [-0.39, 0.29) is 11.8 Å². The Morgan fingerprint density at radius 2 is 1.71 bits per heavy atom. The summed E-state index contributed by atoms with van der Waals surface area (Å²) >= 11 is 0. The van der Waals surface area contributed by atoms with Crippen LogP contribution >= 0.6 is 0 Å². The second kappa shape index (κ2) is 9.95. The molecule has 0 saturated carbocycles. The van der Waals surface area contributed by atoms with E-state index in [1.165, 1.54) is 0 Å². The summed E-state index contributed by atoms with van der Waals surface area (Å²) in [5.41, 5.74) is 2.73. The van der Waals surface area contributed by atoms with Crippen molar-refractivity contribution in [2.24, 2.45) is 5.92 Å². The van der Waals surface area contributed by atoms with Crippen LogP contribution < -0.4 is 10.2 Å². The molecule has 184 valence electrons. The van der Waals surface area contributed by atoms with Gasteiger partial charge in [0.25, 0.3) is 0 Å². The monoisotopic (exact) mass is 492 g/mol. The first kappa shape index (κ1) is 23.8. The minimum Gasteiger partial charge on any atom is -0.356 e. The van der Waals surface area contributed by atoms with Crippen LogP contribution in [0, 0.1) is 12.8 Å². The zero-order valence-corrected chi connectivity index (χ0v) is 20.9. The van der Waals surface area contributed by atoms with Gasteiger partial charge in [-0.15, -0.1) is 0 Å². The number of fused-ring (bicyclic) bond motifs is 1. The van der Waals surface area contributed by atoms with E-state index < -0.39 is 10.0 Å². The second-order valence-corrected chi connectivity index (χ2v) is 11.6. The summed E-state index contributed by atoms with van der Waals surface area (Å²) < 4.78 is 27.7. The first-order valence-corrected chi connectivity index (χ1v) is 13.9. The Balaban J connectivity index is 1.30. The molecular formula is C27H32N4O3S. The Morgan fingerprint density at radius 3 is 2.49 bits per heavy atom. The number of nitrogens with one attached hydrogen (secondary N) is 1. The number of nitrogens with zero attached hydrogens (tertiary/aromatic N) is 3. The molecule has 1 atom stereocenters. The summed E-state index contributed by atoms with van der Waals surface area (Å²) in [5.74, 6) is 0.739. The number of carbonyl (C=O) groups is 1. The normalized spacial score (nSPS) is 19.6. The molecule has 3 aromatic rings. The van der Waals surface area contributed by atoms with Gasteiger partial charge in [-0.3, -0.25) is 4.79 Å². The maximum Gasteiger partial charge on any atom is 0.243 e. The minimum absolute atomic E-state index is 0.0342. The molecule has 2 aliphatic heterocycles. The van der Waals surface area contributed by atoms with Crippen LogP contribution in [-0.2, 0) is 14.8 Å². The highest BCUT2D eigenvalue weighted by molar-refractivity contribution is 7.89. The third-order valence-corrected chi connectivity index (χ3v) is 8.93. The predicted molar refractivity (Wildman–Crippen MR) is 139 cm³/mol. The Labute approximate surface area is 207 Å². The molecule has 0 radical (unpaired) electrons. The zero-order chi connectivity index (χ0) is 24.4. The lowest BCUT2D eigenvalue weighted by Gasteiger charge is -2.33. The molecule has 8 heteroatoms. The molecule has 2 aromatic carbocycles. The van der Waals surface area contributed by atoms with Crippen LogP contribution in [0.15, 0.2) is 59.5 Å². The third kappa shape index (κ3) is 5.18. The first-order chi connectivity index (χ1) is 16.9. The quantitative estimate of drug-likeness (QED) is 0.564. The van der Waals surface area contributed by atoms with E-state index in [2.05, 4.69) is 10.2 Å². The number of rotatable bonds is 5. The van der Waals surface area contributed by atoms with E-state index in [0.717, 1.165) is 66.6 Å². The van der Waals surface area contributed by atoms with Crippen molar-refractivity contribution in [3.63, 3.8) is 0 Å². The average molecular weight is 493 g/mol. The van der Waals surface area contributed by atoms with Crippen LogP contribution in [0.2, 0.25) is 0 Å². The fourth-order valence-corrected chi connectivity index (χ4v) is 6.52. The summed E-state index contributed by atoms with van der Waals surface area (Å²) in [6.07, 6.45) is 4.68. The Bertz CT molecular complexity index is 1320. The minimum atomic E-state index is -3.48. The molecule has 2 fully saturated rings. The molecular weight excluding hydrogens is 460 g/mol. The number of anilines is 2. The van der Waals surface area contributed by atoms with Crippen LogP contribution in [-0.4, -0.2) is 49.8 Å². The van der Waals surface area contributed by atoms with Gasteiger partial charge in [0.15, 0.2) is 0 Å². The molecule has 7 nitrogen and oxygen atoms in total. The van der Waals surface area contributed by atoms with Gasteiger partial charge in [0, 0.05) is 37.3 Å². The van der Waals surface area contributed by atoms with Crippen molar-refractivity contribution in [2.75, 3.05) is 36.4 Å². The van der Waals surface area contributed by atoms with Gasteiger partial charge in [-0.25, -0.2) is 13.4 Å². The van der Waals surface area contributed by atoms with Gasteiger partial charge in [-0.1, -0.05) is 24.1 Å². The number of amides is 1. The topological polar surface area (TPSA) is 82.6 Å². The number of sulfonamides is 1. The number of benzene rings is 2. The molecule has 0 spiro atoms. The number of pyridine rings is 1. The van der Waals surface area contributed by atoms with Gasteiger partial charge < -0.3 is 10.2 Å². The van der Waals surface area contributed by atoms with Crippen LogP contribution in [0.5, 0.6) is 0 Å². The summed E-state index contributed by atoms with van der Waals surface area (Å²) in [5, 5.41) is 3.84. The molecule has 2 aliphatic rings. The maximum absolute atomic E-state index is 13.1. The van der Waals surface area contributed by atoms with Gasteiger partial charge in [-0.05, 0) is 75.1 Å². The smallest absolute Gasteiger partial charge is 0.243 e. The highest BCUT2D eigenvalue weighted by Crippen LogP contribution is 2.28. The third-order valence-electron chi connectivity index (χ3n) is 7.03. The standard InChI is InChI=1S/C27H32N4O3S/c1-20-7-10-23(11-8-20)28-27(32)22-6-5-15-30(19-22)26-14-9-21-18-24(12-13-25(21)29-26)35(33,34)31-16-3-2-4-17-31/h7-14,18,22H,2-6,15-17,19H2,1H3,(H,28,32). The van der Waals surface area contributed by atoms with E-state index in [1.807, 2.05) is 43.3 Å². The lowest BCUT2D eigenvalue weighted by atomic mass is 9.97. The van der Waals surface area contributed by atoms with Gasteiger partial charge in [0.1, 0.15) is 5.82 Å². The highest BCUT2D eigenvalue weighted by atomic mass is 32.2. The predicted octanol–water partition coefficient (Wildman–Crippen LogP) is 4.57. The van der Waals surface area contributed by atoms with Gasteiger partial charge in [-0.2, -0.15) is 4.31 Å². The van der Waals surface area contributed by atoms with Crippen molar-refractivity contribution < 1.29 is 13.2 Å². The van der Waals surface area contributed by atoms with E-state index in [9.17, 15) is 13.2 Å². The largest absolute Gasteiger partial charge is 0.356 e. The first-order valence-electron chi connectivity index (χ1n) is 12.4. The molecule has 5 rings (SSSR count). The van der Waals surface area contributed by atoms with E-state index >= 15 is 0 Å². The SMILES string of the molecule is Cc1ccc(NC(=O)C2CCCN(c3ccc4cc(S(=O)(=O)N5CCCCC5)ccc4n3)C2)cc1. The van der Waals surface area contributed by atoms with Gasteiger partial charge in [0.05, 0.1) is 16.3 Å². The number of hydrogen-bond acceptors (Lipinski definition) is 5. The van der Waals surface area contributed by atoms with Crippen LogP contribution in [0.3, 0.4) is 0 Å². The number of carbonyl (C=O) groups excluding carboxylic acids is 1. The lowest BCUT2D eigenvalue weighted by molar-refractivity contribution is -0.120. The van der Waals surface area contributed by atoms with Crippen molar-refractivity contribution in [1.82, 2.24) is 9.29 Å². The number of hydrogen-bond donors (Lipinski definition) is 1. The second-order valence-electron chi connectivity index (χ2n) is 9.63. The van der Waals surface area contributed by atoms with Crippen molar-refractivity contribution in [2.45, 2.75) is 43.9 Å². The molecule has 1 amide bonds.